The molecule has 0 spiro atoms. The zero-order chi connectivity index (χ0) is 9.47. The number of nitrogens with one attached hydrogen (secondary N) is 1. The van der Waals surface area contributed by atoms with Gasteiger partial charge in [0.15, 0.2) is 0 Å². The summed E-state index contributed by atoms with van der Waals surface area (Å²) in [5, 5.41) is 12.8. The number of rotatable bonds is 1. The van der Waals surface area contributed by atoms with Crippen LogP contribution in [-0.2, 0) is 5.60 Å². The lowest BCUT2D eigenvalue weighted by Crippen LogP contribution is -2.56. The molecule has 1 aliphatic heterocycles. The molecule has 1 fully saturated rings. The molecular formula is C10H12FNO. The van der Waals surface area contributed by atoms with Crippen molar-refractivity contribution in [2.75, 3.05) is 13.1 Å². The summed E-state index contributed by atoms with van der Waals surface area (Å²) in [6.07, 6.45) is 0. The van der Waals surface area contributed by atoms with Gasteiger partial charge in [-0.1, -0.05) is 12.1 Å². The van der Waals surface area contributed by atoms with Gasteiger partial charge in [0, 0.05) is 13.1 Å². The van der Waals surface area contributed by atoms with Crippen molar-refractivity contribution in [1.29, 1.82) is 0 Å². The third-order valence-corrected chi connectivity index (χ3v) is 2.54. The van der Waals surface area contributed by atoms with Crippen LogP contribution >= 0.6 is 0 Å². The van der Waals surface area contributed by atoms with Gasteiger partial charge in [0.05, 0.1) is 0 Å². The van der Waals surface area contributed by atoms with E-state index < -0.39 is 5.60 Å². The lowest BCUT2D eigenvalue weighted by Gasteiger charge is -2.38. The Morgan fingerprint density at radius 2 is 2.15 bits per heavy atom. The first-order valence-electron chi connectivity index (χ1n) is 4.31. The maximum Gasteiger partial charge on any atom is 0.126 e. The molecule has 0 bridgehead atoms. The van der Waals surface area contributed by atoms with Crippen LogP contribution in [0.15, 0.2) is 18.2 Å². The highest BCUT2D eigenvalue weighted by molar-refractivity contribution is 5.30. The van der Waals surface area contributed by atoms with Gasteiger partial charge in [-0.3, -0.25) is 0 Å². The maximum absolute atomic E-state index is 13.1. The van der Waals surface area contributed by atoms with Crippen LogP contribution in [0.2, 0.25) is 0 Å². The van der Waals surface area contributed by atoms with Gasteiger partial charge < -0.3 is 10.4 Å². The van der Waals surface area contributed by atoms with Crippen LogP contribution in [0.3, 0.4) is 0 Å². The van der Waals surface area contributed by atoms with Crippen molar-refractivity contribution in [1.82, 2.24) is 5.32 Å². The van der Waals surface area contributed by atoms with E-state index in [-0.39, 0.29) is 5.82 Å². The molecule has 0 aromatic heterocycles. The number of benzene rings is 1. The van der Waals surface area contributed by atoms with Crippen molar-refractivity contribution < 1.29 is 9.50 Å². The van der Waals surface area contributed by atoms with Crippen molar-refractivity contribution in [3.05, 3.63) is 35.1 Å². The van der Waals surface area contributed by atoms with Crippen LogP contribution in [0, 0.1) is 12.7 Å². The molecule has 13 heavy (non-hydrogen) atoms. The van der Waals surface area contributed by atoms with E-state index in [2.05, 4.69) is 5.32 Å². The van der Waals surface area contributed by atoms with Crippen molar-refractivity contribution in [3.63, 3.8) is 0 Å². The van der Waals surface area contributed by atoms with Gasteiger partial charge in [0.2, 0.25) is 0 Å². The molecule has 1 heterocycles. The third kappa shape index (κ3) is 1.34. The fourth-order valence-corrected chi connectivity index (χ4v) is 1.45. The zero-order valence-electron chi connectivity index (χ0n) is 7.47. The number of halogens is 1. The summed E-state index contributed by atoms with van der Waals surface area (Å²) in [6, 6.07) is 4.89. The smallest absolute Gasteiger partial charge is 0.126 e. The van der Waals surface area contributed by atoms with Crippen molar-refractivity contribution >= 4 is 0 Å². The quantitative estimate of drug-likeness (QED) is 0.675. The lowest BCUT2D eigenvalue weighted by molar-refractivity contribution is -0.0149. The minimum atomic E-state index is -0.853. The molecule has 1 saturated heterocycles. The van der Waals surface area contributed by atoms with Crippen LogP contribution < -0.4 is 5.32 Å². The first-order valence-corrected chi connectivity index (χ1v) is 4.31. The molecule has 70 valence electrons. The monoisotopic (exact) mass is 181 g/mol. The molecule has 1 aliphatic rings. The Morgan fingerprint density at radius 3 is 2.62 bits per heavy atom. The Balaban J connectivity index is 2.36. The molecule has 0 radical (unpaired) electrons. The Hall–Kier alpha value is -0.930. The van der Waals surface area contributed by atoms with Crippen LogP contribution in [-0.4, -0.2) is 18.2 Å². The summed E-state index contributed by atoms with van der Waals surface area (Å²) in [4.78, 5) is 0. The Kier molecular flexibility index (Phi) is 1.86. The van der Waals surface area contributed by atoms with E-state index in [1.165, 1.54) is 6.07 Å². The molecule has 1 aromatic rings. The van der Waals surface area contributed by atoms with Crippen LogP contribution in [0.25, 0.3) is 0 Å². The normalized spacial score (nSPS) is 19.6. The van der Waals surface area contributed by atoms with Gasteiger partial charge in [-0.2, -0.15) is 0 Å². The SMILES string of the molecule is Cc1ccc(C2(O)CNC2)cc1F. The Labute approximate surface area is 76.4 Å². The standard InChI is InChI=1S/C10H12FNO/c1-7-2-3-8(4-9(7)11)10(13)5-12-6-10/h2-4,12-13H,5-6H2,1H3. The molecule has 3 heteroatoms. The molecular weight excluding hydrogens is 169 g/mol. The number of hydrogen-bond donors (Lipinski definition) is 2. The van der Waals surface area contributed by atoms with Crippen molar-refractivity contribution in [2.24, 2.45) is 0 Å². The Bertz CT molecular complexity index is 334. The van der Waals surface area contributed by atoms with E-state index in [0.717, 1.165) is 0 Å². The molecule has 2 rings (SSSR count). The fraction of sp³-hybridized carbons (Fsp3) is 0.400. The predicted octanol–water partition coefficient (Wildman–Crippen LogP) is 0.925. The topological polar surface area (TPSA) is 32.3 Å². The van der Waals surface area contributed by atoms with E-state index in [4.69, 9.17) is 0 Å². The molecule has 2 N–H and O–H groups in total. The number of aryl methyl sites for hydroxylation is 1. The summed E-state index contributed by atoms with van der Waals surface area (Å²) in [5.41, 5.74) is 0.420. The highest BCUT2D eigenvalue weighted by Crippen LogP contribution is 2.26. The van der Waals surface area contributed by atoms with Gasteiger partial charge in [-0.15, -0.1) is 0 Å². The van der Waals surface area contributed by atoms with Crippen LogP contribution in [0.5, 0.6) is 0 Å². The molecule has 2 nitrogen and oxygen atoms in total. The van der Waals surface area contributed by atoms with E-state index in [1.807, 2.05) is 0 Å². The average molecular weight is 181 g/mol. The average Bonchev–Trinajstić information content (AvgIpc) is 2.06. The van der Waals surface area contributed by atoms with Crippen molar-refractivity contribution in [3.8, 4) is 0 Å². The highest BCUT2D eigenvalue weighted by Gasteiger charge is 2.36. The van der Waals surface area contributed by atoms with Crippen LogP contribution in [0.1, 0.15) is 11.1 Å². The largest absolute Gasteiger partial charge is 0.382 e. The van der Waals surface area contributed by atoms with E-state index in [9.17, 15) is 9.50 Å². The van der Waals surface area contributed by atoms with Gasteiger partial charge in [-0.05, 0) is 24.1 Å². The van der Waals surface area contributed by atoms with Crippen LogP contribution in [0.4, 0.5) is 4.39 Å². The van der Waals surface area contributed by atoms with Gasteiger partial charge in [0.1, 0.15) is 11.4 Å². The molecule has 0 saturated carbocycles. The second kappa shape index (κ2) is 2.79. The summed E-state index contributed by atoms with van der Waals surface area (Å²) in [5.74, 6) is -0.252. The first kappa shape index (κ1) is 8.66. The van der Waals surface area contributed by atoms with E-state index in [1.54, 1.807) is 19.1 Å². The molecule has 0 aliphatic carbocycles. The maximum atomic E-state index is 13.1. The van der Waals surface area contributed by atoms with Gasteiger partial charge >= 0.3 is 0 Å². The lowest BCUT2D eigenvalue weighted by atomic mass is 9.88. The van der Waals surface area contributed by atoms with Gasteiger partial charge in [-0.25, -0.2) is 4.39 Å². The first-order chi connectivity index (χ1) is 6.12. The third-order valence-electron chi connectivity index (χ3n) is 2.54. The summed E-state index contributed by atoms with van der Waals surface area (Å²) >= 11 is 0. The molecule has 0 atom stereocenters. The predicted molar refractivity (Wildman–Crippen MR) is 47.9 cm³/mol. The minimum Gasteiger partial charge on any atom is -0.382 e. The Morgan fingerprint density at radius 1 is 1.46 bits per heavy atom. The minimum absolute atomic E-state index is 0.252. The van der Waals surface area contributed by atoms with Gasteiger partial charge in [0.25, 0.3) is 0 Å². The summed E-state index contributed by atoms with van der Waals surface area (Å²) < 4.78 is 13.1. The zero-order valence-corrected chi connectivity index (χ0v) is 7.47. The second-order valence-corrected chi connectivity index (χ2v) is 3.60. The molecule has 0 unspecified atom stereocenters. The number of aliphatic hydroxyl groups is 1. The fourth-order valence-electron chi connectivity index (χ4n) is 1.45. The number of hydrogen-bond acceptors (Lipinski definition) is 2. The second-order valence-electron chi connectivity index (χ2n) is 3.60. The van der Waals surface area contributed by atoms with Crippen molar-refractivity contribution in [2.45, 2.75) is 12.5 Å². The molecule has 0 amide bonds. The summed E-state index contributed by atoms with van der Waals surface area (Å²) in [7, 11) is 0. The summed E-state index contributed by atoms with van der Waals surface area (Å²) in [6.45, 7) is 2.73. The van der Waals surface area contributed by atoms with E-state index in [0.29, 0.717) is 24.2 Å². The van der Waals surface area contributed by atoms with E-state index >= 15 is 0 Å². The highest BCUT2D eigenvalue weighted by atomic mass is 19.1. The molecule has 1 aromatic carbocycles. The number of β-amino-alcohol motifs (C(OH)–C–C–N with tert-alkyl or cyclic N) is 1.